The number of halogens is 3. The number of nitrogens with two attached hydrogens (primary N) is 1. The Kier molecular flexibility index (Phi) is 4.20. The van der Waals surface area contributed by atoms with Crippen molar-refractivity contribution in [3.63, 3.8) is 0 Å². The second kappa shape index (κ2) is 5.08. The summed E-state index contributed by atoms with van der Waals surface area (Å²) >= 11 is 0. The molecule has 96 valence electrons. The quantitative estimate of drug-likeness (QED) is 0.863. The van der Waals surface area contributed by atoms with Crippen molar-refractivity contribution in [3.8, 4) is 0 Å². The van der Waals surface area contributed by atoms with Crippen LogP contribution in [0.2, 0.25) is 0 Å². The molecule has 0 bridgehead atoms. The molecule has 0 amide bonds. The molecule has 1 aromatic carbocycles. The van der Waals surface area contributed by atoms with Crippen molar-refractivity contribution in [2.45, 2.75) is 39.9 Å². The summed E-state index contributed by atoms with van der Waals surface area (Å²) in [5.74, 6) is 0.309. The fourth-order valence-electron chi connectivity index (χ4n) is 2.01. The van der Waals surface area contributed by atoms with E-state index in [1.54, 1.807) is 13.0 Å². The zero-order valence-corrected chi connectivity index (χ0v) is 10.4. The molecule has 1 aromatic rings. The van der Waals surface area contributed by atoms with Crippen LogP contribution in [0.5, 0.6) is 0 Å². The lowest BCUT2D eigenvalue weighted by atomic mass is 9.92. The Labute approximate surface area is 99.8 Å². The van der Waals surface area contributed by atoms with Gasteiger partial charge in [0.25, 0.3) is 0 Å². The Morgan fingerprint density at radius 2 is 1.82 bits per heavy atom. The van der Waals surface area contributed by atoms with E-state index in [0.29, 0.717) is 17.9 Å². The molecule has 2 N–H and O–H groups in total. The first kappa shape index (κ1) is 14.0. The number of alkyl halides is 3. The fraction of sp³-hybridized carbons (Fsp3) is 0.538. The third-order valence-electron chi connectivity index (χ3n) is 2.62. The average Bonchev–Trinajstić information content (AvgIpc) is 2.14. The molecule has 0 saturated carbocycles. The summed E-state index contributed by atoms with van der Waals surface area (Å²) in [6, 6.07) is 2.98. The first-order valence-electron chi connectivity index (χ1n) is 5.65. The Balaban J connectivity index is 3.35. The van der Waals surface area contributed by atoms with E-state index in [-0.39, 0.29) is 12.1 Å². The van der Waals surface area contributed by atoms with Crippen LogP contribution in [0.4, 0.5) is 13.2 Å². The van der Waals surface area contributed by atoms with Crippen LogP contribution < -0.4 is 5.73 Å². The summed E-state index contributed by atoms with van der Waals surface area (Å²) < 4.78 is 38.6. The van der Waals surface area contributed by atoms with Crippen LogP contribution >= 0.6 is 0 Å². The van der Waals surface area contributed by atoms with E-state index in [2.05, 4.69) is 0 Å². The molecule has 0 atom stereocenters. The van der Waals surface area contributed by atoms with Crippen LogP contribution in [0.1, 0.15) is 36.1 Å². The van der Waals surface area contributed by atoms with Crippen molar-refractivity contribution >= 4 is 0 Å². The van der Waals surface area contributed by atoms with Crippen molar-refractivity contribution in [1.82, 2.24) is 0 Å². The maximum Gasteiger partial charge on any atom is 0.416 e. The lowest BCUT2D eigenvalue weighted by Crippen LogP contribution is -2.15. The molecule has 0 spiro atoms. The van der Waals surface area contributed by atoms with Gasteiger partial charge in [-0.05, 0) is 36.5 Å². The van der Waals surface area contributed by atoms with Crippen molar-refractivity contribution in [1.29, 1.82) is 0 Å². The maximum absolute atomic E-state index is 12.9. The largest absolute Gasteiger partial charge is 0.416 e. The molecule has 0 fully saturated rings. The standard InChI is InChI=1S/C13H18F3N/c1-8(2)4-10-5-9(3)6-12(11(10)7-17)13(14,15)16/h5-6,8H,4,7,17H2,1-3H3. The minimum absolute atomic E-state index is 0.0722. The van der Waals surface area contributed by atoms with Crippen LogP contribution in [0.3, 0.4) is 0 Å². The number of benzene rings is 1. The molecule has 0 aliphatic heterocycles. The predicted molar refractivity (Wildman–Crippen MR) is 62.6 cm³/mol. The molecule has 1 rings (SSSR count). The predicted octanol–water partition coefficient (Wildman–Crippen LogP) is 3.67. The van der Waals surface area contributed by atoms with Gasteiger partial charge in [-0.1, -0.05) is 25.5 Å². The average molecular weight is 245 g/mol. The normalized spacial score (nSPS) is 12.2. The zero-order valence-electron chi connectivity index (χ0n) is 10.4. The van der Waals surface area contributed by atoms with Gasteiger partial charge in [-0.3, -0.25) is 0 Å². The van der Waals surface area contributed by atoms with E-state index >= 15 is 0 Å². The molecule has 17 heavy (non-hydrogen) atoms. The van der Waals surface area contributed by atoms with Crippen molar-refractivity contribution in [2.24, 2.45) is 11.7 Å². The van der Waals surface area contributed by atoms with Gasteiger partial charge in [-0.15, -0.1) is 0 Å². The van der Waals surface area contributed by atoms with Crippen LogP contribution in [-0.4, -0.2) is 0 Å². The number of hydrogen-bond donors (Lipinski definition) is 1. The van der Waals surface area contributed by atoms with Crippen LogP contribution in [-0.2, 0) is 19.1 Å². The third-order valence-corrected chi connectivity index (χ3v) is 2.62. The monoisotopic (exact) mass is 245 g/mol. The molecule has 0 radical (unpaired) electrons. The van der Waals surface area contributed by atoms with Gasteiger partial charge < -0.3 is 5.73 Å². The SMILES string of the molecule is Cc1cc(CC(C)C)c(CN)c(C(F)(F)F)c1. The number of aryl methyl sites for hydroxylation is 1. The molecule has 0 unspecified atom stereocenters. The first-order valence-corrected chi connectivity index (χ1v) is 5.65. The van der Waals surface area contributed by atoms with Crippen molar-refractivity contribution < 1.29 is 13.2 Å². The summed E-state index contributed by atoms with van der Waals surface area (Å²) in [7, 11) is 0. The molecule has 0 aliphatic carbocycles. The van der Waals surface area contributed by atoms with Crippen molar-refractivity contribution in [3.05, 3.63) is 34.4 Å². The van der Waals surface area contributed by atoms with Gasteiger partial charge >= 0.3 is 6.18 Å². The summed E-state index contributed by atoms with van der Waals surface area (Å²) in [6.45, 7) is 5.57. The van der Waals surface area contributed by atoms with Gasteiger partial charge in [-0.2, -0.15) is 13.2 Å². The molecule has 4 heteroatoms. The Morgan fingerprint density at radius 1 is 1.24 bits per heavy atom. The summed E-state index contributed by atoms with van der Waals surface area (Å²) in [5, 5.41) is 0. The van der Waals surface area contributed by atoms with Crippen LogP contribution in [0, 0.1) is 12.8 Å². The van der Waals surface area contributed by atoms with Crippen LogP contribution in [0.15, 0.2) is 12.1 Å². The van der Waals surface area contributed by atoms with Gasteiger partial charge in [0.1, 0.15) is 0 Å². The van der Waals surface area contributed by atoms with Crippen LogP contribution in [0.25, 0.3) is 0 Å². The molecule has 0 aromatic heterocycles. The lowest BCUT2D eigenvalue weighted by Gasteiger charge is -2.18. The molecular formula is C13H18F3N. The fourth-order valence-corrected chi connectivity index (χ4v) is 2.01. The highest BCUT2D eigenvalue weighted by Crippen LogP contribution is 2.34. The number of hydrogen-bond acceptors (Lipinski definition) is 1. The van der Waals surface area contributed by atoms with Gasteiger partial charge in [0, 0.05) is 6.54 Å². The Hall–Kier alpha value is -1.03. The Bertz CT molecular complexity index is 394. The topological polar surface area (TPSA) is 26.0 Å². The van der Waals surface area contributed by atoms with E-state index in [0.717, 1.165) is 5.56 Å². The Morgan fingerprint density at radius 3 is 2.24 bits per heavy atom. The van der Waals surface area contributed by atoms with E-state index in [4.69, 9.17) is 5.73 Å². The van der Waals surface area contributed by atoms with E-state index in [9.17, 15) is 13.2 Å². The van der Waals surface area contributed by atoms with E-state index in [1.165, 1.54) is 6.07 Å². The summed E-state index contributed by atoms with van der Waals surface area (Å²) in [4.78, 5) is 0. The first-order chi connectivity index (χ1) is 7.75. The highest BCUT2D eigenvalue weighted by atomic mass is 19.4. The molecule has 0 aliphatic rings. The van der Waals surface area contributed by atoms with Gasteiger partial charge in [0.15, 0.2) is 0 Å². The zero-order chi connectivity index (χ0) is 13.2. The number of rotatable bonds is 3. The molecule has 1 nitrogen and oxygen atoms in total. The second-order valence-corrected chi connectivity index (χ2v) is 4.75. The summed E-state index contributed by atoms with van der Waals surface area (Å²) in [5.41, 5.74) is 6.47. The molecule has 0 saturated heterocycles. The van der Waals surface area contributed by atoms with Crippen molar-refractivity contribution in [2.75, 3.05) is 0 Å². The van der Waals surface area contributed by atoms with E-state index in [1.807, 2.05) is 13.8 Å². The van der Waals surface area contributed by atoms with E-state index < -0.39 is 11.7 Å². The van der Waals surface area contributed by atoms with Gasteiger partial charge in [0.05, 0.1) is 5.56 Å². The molecule has 0 heterocycles. The van der Waals surface area contributed by atoms with Gasteiger partial charge in [-0.25, -0.2) is 0 Å². The summed E-state index contributed by atoms with van der Waals surface area (Å²) in [6.07, 6.45) is -3.70. The smallest absolute Gasteiger partial charge is 0.326 e. The van der Waals surface area contributed by atoms with Gasteiger partial charge in [0.2, 0.25) is 0 Å². The highest BCUT2D eigenvalue weighted by Gasteiger charge is 2.34. The maximum atomic E-state index is 12.9. The second-order valence-electron chi connectivity index (χ2n) is 4.75. The lowest BCUT2D eigenvalue weighted by molar-refractivity contribution is -0.138. The highest BCUT2D eigenvalue weighted by molar-refractivity contribution is 5.40. The molecular weight excluding hydrogens is 227 g/mol. The third kappa shape index (κ3) is 3.46. The minimum Gasteiger partial charge on any atom is -0.326 e. The minimum atomic E-state index is -4.33.